The van der Waals surface area contributed by atoms with Crippen LogP contribution in [0.5, 0.6) is 5.75 Å². The van der Waals surface area contributed by atoms with Crippen LogP contribution in [0.15, 0.2) is 12.1 Å². The van der Waals surface area contributed by atoms with E-state index in [1.807, 2.05) is 0 Å². The third-order valence-corrected chi connectivity index (χ3v) is 1.93. The molecule has 0 aliphatic rings. The van der Waals surface area contributed by atoms with E-state index in [2.05, 4.69) is 4.74 Å². The van der Waals surface area contributed by atoms with Crippen LogP contribution < -0.4 is 4.74 Å². The first-order valence-electron chi connectivity index (χ1n) is 4.19. The maximum atomic E-state index is 13.6. The molecule has 16 heavy (non-hydrogen) atoms. The number of benzene rings is 1. The Labute approximate surface area is 89.4 Å². The summed E-state index contributed by atoms with van der Waals surface area (Å²) in [6.07, 6.45) is -0.765. The first-order valence-corrected chi connectivity index (χ1v) is 4.19. The Bertz CT molecular complexity index is 446. The van der Waals surface area contributed by atoms with Crippen molar-refractivity contribution in [1.82, 2.24) is 0 Å². The molecule has 0 bridgehead atoms. The lowest BCUT2D eigenvalue weighted by molar-refractivity contribution is -0.385. The van der Waals surface area contributed by atoms with Crippen LogP contribution in [0.3, 0.4) is 0 Å². The quantitative estimate of drug-likeness (QED) is 0.622. The summed E-state index contributed by atoms with van der Waals surface area (Å²) in [6.45, 7) is 0. The van der Waals surface area contributed by atoms with E-state index in [0.29, 0.717) is 0 Å². The minimum Gasteiger partial charge on any atom is -0.494 e. The summed E-state index contributed by atoms with van der Waals surface area (Å²) in [5, 5.41) is 19.1. The number of rotatable bonds is 4. The summed E-state index contributed by atoms with van der Waals surface area (Å²) in [5.74, 6) is -2.59. The Morgan fingerprint density at radius 2 is 2.25 bits per heavy atom. The standard InChI is InChI=1S/C9H8FNO5/c1-16-7-3-2-6(11(14)15)5(9(7)10)4-8(12)13/h2-3H,4H2,1H3,(H,12,13). The first kappa shape index (κ1) is 11.9. The summed E-state index contributed by atoms with van der Waals surface area (Å²) in [7, 11) is 1.19. The molecular weight excluding hydrogens is 221 g/mol. The molecule has 0 atom stereocenters. The predicted molar refractivity (Wildman–Crippen MR) is 50.9 cm³/mol. The molecule has 0 aliphatic heterocycles. The molecule has 1 rings (SSSR count). The van der Waals surface area contributed by atoms with Crippen molar-refractivity contribution in [2.24, 2.45) is 0 Å². The molecule has 1 aromatic rings. The summed E-state index contributed by atoms with van der Waals surface area (Å²) in [6, 6.07) is 2.10. The molecule has 0 spiro atoms. The minimum atomic E-state index is -1.35. The highest BCUT2D eigenvalue weighted by molar-refractivity contribution is 5.72. The number of hydrogen-bond acceptors (Lipinski definition) is 4. The maximum Gasteiger partial charge on any atom is 0.308 e. The van der Waals surface area contributed by atoms with Crippen LogP contribution in [0, 0.1) is 15.9 Å². The summed E-state index contributed by atoms with van der Waals surface area (Å²) in [4.78, 5) is 20.2. The van der Waals surface area contributed by atoms with Crippen molar-refractivity contribution in [3.63, 3.8) is 0 Å². The van der Waals surface area contributed by atoms with E-state index in [9.17, 15) is 19.3 Å². The highest BCUT2D eigenvalue weighted by Gasteiger charge is 2.23. The highest BCUT2D eigenvalue weighted by Crippen LogP contribution is 2.29. The molecule has 0 amide bonds. The van der Waals surface area contributed by atoms with Crippen molar-refractivity contribution < 1.29 is 24.0 Å². The van der Waals surface area contributed by atoms with Crippen LogP contribution in [-0.2, 0) is 11.2 Å². The van der Waals surface area contributed by atoms with Gasteiger partial charge in [-0.2, -0.15) is 0 Å². The molecule has 0 aromatic heterocycles. The molecule has 1 aromatic carbocycles. The smallest absolute Gasteiger partial charge is 0.308 e. The van der Waals surface area contributed by atoms with Crippen LogP contribution >= 0.6 is 0 Å². The van der Waals surface area contributed by atoms with Gasteiger partial charge in [0, 0.05) is 6.07 Å². The third-order valence-electron chi connectivity index (χ3n) is 1.93. The van der Waals surface area contributed by atoms with Crippen molar-refractivity contribution in [2.75, 3.05) is 7.11 Å². The van der Waals surface area contributed by atoms with Crippen LogP contribution in [0.2, 0.25) is 0 Å². The van der Waals surface area contributed by atoms with Gasteiger partial charge in [-0.05, 0) is 6.07 Å². The number of halogens is 1. The van der Waals surface area contributed by atoms with Gasteiger partial charge in [-0.15, -0.1) is 0 Å². The summed E-state index contributed by atoms with van der Waals surface area (Å²) >= 11 is 0. The molecule has 7 heteroatoms. The fourth-order valence-electron chi connectivity index (χ4n) is 1.24. The number of hydrogen-bond donors (Lipinski definition) is 1. The van der Waals surface area contributed by atoms with Gasteiger partial charge in [0.25, 0.3) is 5.69 Å². The second-order valence-corrected chi connectivity index (χ2v) is 2.91. The van der Waals surface area contributed by atoms with Crippen LogP contribution in [0.4, 0.5) is 10.1 Å². The van der Waals surface area contributed by atoms with Gasteiger partial charge in [-0.1, -0.05) is 0 Å². The predicted octanol–water partition coefficient (Wildman–Crippen LogP) is 1.37. The van der Waals surface area contributed by atoms with E-state index in [1.165, 1.54) is 7.11 Å². The van der Waals surface area contributed by atoms with Crippen LogP contribution in [0.1, 0.15) is 5.56 Å². The largest absolute Gasteiger partial charge is 0.494 e. The highest BCUT2D eigenvalue weighted by atomic mass is 19.1. The van der Waals surface area contributed by atoms with Gasteiger partial charge >= 0.3 is 5.97 Å². The normalized spacial score (nSPS) is 9.88. The minimum absolute atomic E-state index is 0.221. The first-order chi connectivity index (χ1) is 7.47. The number of methoxy groups -OCH3 is 1. The van der Waals surface area contributed by atoms with Gasteiger partial charge < -0.3 is 9.84 Å². The lowest BCUT2D eigenvalue weighted by Crippen LogP contribution is -2.07. The molecular formula is C9H8FNO5. The fourth-order valence-corrected chi connectivity index (χ4v) is 1.24. The number of nitrogens with zero attached hydrogens (tertiary/aromatic N) is 1. The Balaban J connectivity index is 3.36. The van der Waals surface area contributed by atoms with Crippen LogP contribution in [-0.4, -0.2) is 23.1 Å². The lowest BCUT2D eigenvalue weighted by Gasteiger charge is -2.06. The number of carboxylic acids is 1. The van der Waals surface area contributed by atoms with Gasteiger partial charge in [-0.25, -0.2) is 4.39 Å². The third kappa shape index (κ3) is 2.25. The molecule has 0 radical (unpaired) electrons. The summed E-state index contributed by atoms with van der Waals surface area (Å²) < 4.78 is 18.2. The Kier molecular flexibility index (Phi) is 3.39. The van der Waals surface area contributed by atoms with E-state index in [4.69, 9.17) is 5.11 Å². The van der Waals surface area contributed by atoms with E-state index in [0.717, 1.165) is 12.1 Å². The molecule has 0 unspecified atom stereocenters. The molecule has 6 nitrogen and oxygen atoms in total. The van der Waals surface area contributed by atoms with Gasteiger partial charge in [-0.3, -0.25) is 14.9 Å². The van der Waals surface area contributed by atoms with Gasteiger partial charge in [0.2, 0.25) is 0 Å². The molecule has 0 aliphatic carbocycles. The molecule has 0 saturated heterocycles. The zero-order valence-electron chi connectivity index (χ0n) is 8.27. The molecule has 0 heterocycles. The van der Waals surface area contributed by atoms with Gasteiger partial charge in [0.05, 0.1) is 24.0 Å². The van der Waals surface area contributed by atoms with Crippen molar-refractivity contribution in [3.05, 3.63) is 33.6 Å². The monoisotopic (exact) mass is 229 g/mol. The Morgan fingerprint density at radius 3 is 2.69 bits per heavy atom. The number of nitro benzene ring substituents is 1. The Morgan fingerprint density at radius 1 is 1.62 bits per heavy atom. The van der Waals surface area contributed by atoms with Crippen molar-refractivity contribution in [3.8, 4) is 5.75 Å². The van der Waals surface area contributed by atoms with Gasteiger partial charge in [0.1, 0.15) is 0 Å². The average Bonchev–Trinajstić information content (AvgIpc) is 2.19. The van der Waals surface area contributed by atoms with Crippen molar-refractivity contribution in [2.45, 2.75) is 6.42 Å². The van der Waals surface area contributed by atoms with E-state index < -0.39 is 34.4 Å². The topological polar surface area (TPSA) is 89.7 Å². The van der Waals surface area contributed by atoms with Crippen LogP contribution in [0.25, 0.3) is 0 Å². The zero-order chi connectivity index (χ0) is 12.3. The molecule has 0 fully saturated rings. The second kappa shape index (κ2) is 4.56. The lowest BCUT2D eigenvalue weighted by atomic mass is 10.1. The number of carboxylic acid groups (broad SMARTS) is 1. The zero-order valence-corrected chi connectivity index (χ0v) is 8.27. The number of carbonyl (C=O) groups is 1. The molecule has 1 N–H and O–H groups in total. The van der Waals surface area contributed by atoms with E-state index >= 15 is 0 Å². The molecule has 86 valence electrons. The molecule has 0 saturated carbocycles. The fraction of sp³-hybridized carbons (Fsp3) is 0.222. The number of ether oxygens (including phenoxy) is 1. The number of nitro groups is 1. The number of aliphatic carboxylic acids is 1. The van der Waals surface area contributed by atoms with Crippen molar-refractivity contribution >= 4 is 11.7 Å². The summed E-state index contributed by atoms with van der Waals surface area (Å²) in [5.41, 5.74) is -1.06. The Hall–Kier alpha value is -2.18. The van der Waals surface area contributed by atoms with E-state index in [1.54, 1.807) is 0 Å². The van der Waals surface area contributed by atoms with E-state index in [-0.39, 0.29) is 5.75 Å². The van der Waals surface area contributed by atoms with Crippen molar-refractivity contribution in [1.29, 1.82) is 0 Å². The second-order valence-electron chi connectivity index (χ2n) is 2.91. The van der Waals surface area contributed by atoms with Gasteiger partial charge in [0.15, 0.2) is 11.6 Å². The average molecular weight is 229 g/mol. The maximum absolute atomic E-state index is 13.6. The SMILES string of the molecule is COc1ccc([N+](=O)[O-])c(CC(=O)O)c1F.